The molecule has 3 heterocycles. The van der Waals surface area contributed by atoms with E-state index in [0.717, 1.165) is 63.7 Å². The third-order valence-corrected chi connectivity index (χ3v) is 14.1. The number of hydrogen-bond donors (Lipinski definition) is 6. The molecule has 0 aliphatic heterocycles. The predicted octanol–water partition coefficient (Wildman–Crippen LogP) is 16.2. The highest BCUT2D eigenvalue weighted by Crippen LogP contribution is 2.39. The van der Waals surface area contributed by atoms with E-state index in [4.69, 9.17) is 0 Å². The van der Waals surface area contributed by atoms with Crippen molar-refractivity contribution >= 4 is 145 Å². The van der Waals surface area contributed by atoms with Gasteiger partial charge in [-0.15, -0.1) is 0 Å². The van der Waals surface area contributed by atoms with Gasteiger partial charge in [0.2, 0.25) is 0 Å². The van der Waals surface area contributed by atoms with Crippen molar-refractivity contribution in [3.05, 3.63) is 188 Å². The Morgan fingerprint density at radius 3 is 1.26 bits per heavy atom. The highest BCUT2D eigenvalue weighted by Gasteiger charge is 2.14. The van der Waals surface area contributed by atoms with E-state index in [1.54, 1.807) is 0 Å². The number of fused-ring (bicyclic) bond motifs is 3. The molecule has 9 nitrogen and oxygen atoms in total. The van der Waals surface area contributed by atoms with Gasteiger partial charge in [0.25, 0.3) is 0 Å². The number of nitrogens with zero attached hydrogens (tertiary/aromatic N) is 3. The van der Waals surface area contributed by atoms with Crippen LogP contribution in [0.25, 0.3) is 32.7 Å². The van der Waals surface area contributed by atoms with Crippen LogP contribution in [0.1, 0.15) is 33.8 Å². The maximum Gasteiger partial charge on any atom is 0.156 e. The standard InChI is InChI=1S/3C17H14Br2N2O/c1-10-2-4-11(5-3-10)20-9-12-6-7-13-14(18)8-15(19)17(22)16(13)21-12;1-10-3-2-4-11(7-10)20-9-12-5-6-13-14(18)8-15(19)17(22)16(13)21-12;1-10-4-2-3-5-15(10)20-9-11-6-7-12-13(18)8-14(19)17(22)16(12)21-11/h3*2-8,20,22H,9H2,1H3. The smallest absolute Gasteiger partial charge is 0.156 e. The van der Waals surface area contributed by atoms with Crippen molar-refractivity contribution in [3.8, 4) is 17.2 Å². The van der Waals surface area contributed by atoms with Crippen LogP contribution in [0.2, 0.25) is 0 Å². The number of phenolic OH excluding ortho intramolecular Hbond substituents is 3. The summed E-state index contributed by atoms with van der Waals surface area (Å²) in [7, 11) is 0. The largest absolute Gasteiger partial charge is 0.505 e. The number of anilines is 3. The predicted molar refractivity (Wildman–Crippen MR) is 292 cm³/mol. The molecule has 0 saturated carbocycles. The van der Waals surface area contributed by atoms with Crippen LogP contribution in [-0.4, -0.2) is 30.3 Å². The zero-order valence-corrected chi connectivity index (χ0v) is 45.2. The van der Waals surface area contributed by atoms with E-state index in [1.807, 2.05) is 97.1 Å². The Bertz CT molecular complexity index is 3210. The summed E-state index contributed by atoms with van der Waals surface area (Å²) in [5, 5.41) is 43.3. The third-order valence-electron chi connectivity index (χ3n) is 10.4. The molecule has 3 aromatic heterocycles. The molecule has 0 atom stereocenters. The quantitative estimate of drug-likeness (QED) is 0.0835. The highest BCUT2D eigenvalue weighted by atomic mass is 79.9. The van der Waals surface area contributed by atoms with Crippen molar-refractivity contribution in [2.24, 2.45) is 0 Å². The van der Waals surface area contributed by atoms with Crippen LogP contribution in [0.15, 0.2) is 154 Å². The Balaban J connectivity index is 0.000000147. The third kappa shape index (κ3) is 12.2. The van der Waals surface area contributed by atoms with Gasteiger partial charge in [-0.05, 0) is 165 Å². The first-order valence-electron chi connectivity index (χ1n) is 20.5. The van der Waals surface area contributed by atoms with Gasteiger partial charge in [-0.2, -0.15) is 0 Å². The first-order chi connectivity index (χ1) is 31.6. The first-order valence-corrected chi connectivity index (χ1v) is 25.2. The normalized spacial score (nSPS) is 10.9. The molecule has 9 rings (SSSR count). The molecule has 0 aliphatic rings. The van der Waals surface area contributed by atoms with Crippen molar-refractivity contribution in [2.45, 2.75) is 40.4 Å². The van der Waals surface area contributed by atoms with Crippen LogP contribution in [0.3, 0.4) is 0 Å². The summed E-state index contributed by atoms with van der Waals surface area (Å²) in [5.41, 5.74) is 11.2. The summed E-state index contributed by atoms with van der Waals surface area (Å²) in [6.07, 6.45) is 0. The van der Waals surface area contributed by atoms with Gasteiger partial charge in [-0.25, -0.2) is 15.0 Å². The van der Waals surface area contributed by atoms with Crippen molar-refractivity contribution in [1.29, 1.82) is 0 Å². The molecule has 0 spiro atoms. The van der Waals surface area contributed by atoms with Crippen molar-refractivity contribution < 1.29 is 15.3 Å². The summed E-state index contributed by atoms with van der Waals surface area (Å²) in [6, 6.07) is 41.8. The van der Waals surface area contributed by atoms with Crippen LogP contribution in [0.5, 0.6) is 17.2 Å². The molecule has 6 aromatic carbocycles. The Morgan fingerprint density at radius 1 is 0.394 bits per heavy atom. The highest BCUT2D eigenvalue weighted by molar-refractivity contribution is 9.11. The van der Waals surface area contributed by atoms with Gasteiger partial charge >= 0.3 is 0 Å². The van der Waals surface area contributed by atoms with E-state index < -0.39 is 0 Å². The average Bonchev–Trinajstić information content (AvgIpc) is 3.31. The number of aromatic nitrogens is 3. The fourth-order valence-corrected chi connectivity index (χ4v) is 10.6. The maximum absolute atomic E-state index is 10.2. The van der Waals surface area contributed by atoms with E-state index >= 15 is 0 Å². The van der Waals surface area contributed by atoms with Gasteiger partial charge in [-0.1, -0.05) is 95.8 Å². The minimum Gasteiger partial charge on any atom is -0.505 e. The fraction of sp³-hybridized carbons (Fsp3) is 0.118. The van der Waals surface area contributed by atoms with Crippen LogP contribution in [0, 0.1) is 20.8 Å². The lowest BCUT2D eigenvalue weighted by atomic mass is 10.1. The number of rotatable bonds is 9. The average molecular weight is 1270 g/mol. The number of pyridine rings is 3. The molecule has 0 radical (unpaired) electrons. The number of hydrogen-bond acceptors (Lipinski definition) is 9. The summed E-state index contributed by atoms with van der Waals surface area (Å²) in [6.45, 7) is 7.99. The zero-order valence-electron chi connectivity index (χ0n) is 35.7. The Kier molecular flexibility index (Phi) is 16.6. The molecular weight excluding hydrogens is 1220 g/mol. The van der Waals surface area contributed by atoms with E-state index in [0.29, 0.717) is 49.6 Å². The lowest BCUT2D eigenvalue weighted by molar-refractivity contribution is 0.476. The van der Waals surface area contributed by atoms with E-state index in [2.05, 4.69) is 178 Å². The second-order valence-corrected chi connectivity index (χ2v) is 20.4. The van der Waals surface area contributed by atoms with Crippen molar-refractivity contribution in [2.75, 3.05) is 16.0 Å². The Hall–Kier alpha value is -4.77. The Morgan fingerprint density at radius 2 is 0.818 bits per heavy atom. The molecule has 0 saturated heterocycles. The maximum atomic E-state index is 10.2. The number of nitrogens with one attached hydrogen (secondary N) is 3. The van der Waals surface area contributed by atoms with E-state index in [9.17, 15) is 15.3 Å². The van der Waals surface area contributed by atoms with Crippen molar-refractivity contribution in [1.82, 2.24) is 15.0 Å². The SMILES string of the molecule is Cc1ccc(NCc2ccc3c(Br)cc(Br)c(O)c3n2)cc1.Cc1cccc(NCc2ccc3c(Br)cc(Br)c(O)c3n2)c1.Cc1ccccc1NCc1ccc2c(Br)cc(Br)c(O)c2n1. The van der Waals surface area contributed by atoms with Gasteiger partial charge < -0.3 is 31.3 Å². The van der Waals surface area contributed by atoms with Crippen molar-refractivity contribution in [3.63, 3.8) is 0 Å². The molecule has 336 valence electrons. The molecule has 0 amide bonds. The summed E-state index contributed by atoms with van der Waals surface area (Å²) in [5.74, 6) is 0.488. The lowest BCUT2D eigenvalue weighted by Crippen LogP contribution is -2.03. The topological polar surface area (TPSA) is 135 Å². The molecule has 0 fully saturated rings. The van der Waals surface area contributed by atoms with Gasteiger partial charge in [0.05, 0.1) is 50.1 Å². The van der Waals surface area contributed by atoms with E-state index in [1.165, 1.54) is 16.7 Å². The van der Waals surface area contributed by atoms with Crippen LogP contribution in [-0.2, 0) is 19.6 Å². The molecule has 0 aliphatic carbocycles. The van der Waals surface area contributed by atoms with Crippen LogP contribution in [0.4, 0.5) is 17.1 Å². The van der Waals surface area contributed by atoms with Crippen LogP contribution >= 0.6 is 95.6 Å². The number of aromatic hydroxyl groups is 3. The number of benzene rings is 6. The number of halogens is 6. The lowest BCUT2D eigenvalue weighted by Gasteiger charge is -2.11. The van der Waals surface area contributed by atoms with Gasteiger partial charge in [0, 0.05) is 46.6 Å². The van der Waals surface area contributed by atoms with Gasteiger partial charge in [-0.3, -0.25) is 0 Å². The molecule has 9 aromatic rings. The number of aryl methyl sites for hydroxylation is 3. The Labute approximate surface area is 433 Å². The number of phenols is 3. The molecule has 0 unspecified atom stereocenters. The summed E-state index contributed by atoms with van der Waals surface area (Å²) in [4.78, 5) is 13.7. The first kappa shape index (κ1) is 49.1. The minimum atomic E-state index is 0.162. The van der Waals surface area contributed by atoms with Crippen LogP contribution < -0.4 is 16.0 Å². The minimum absolute atomic E-state index is 0.162. The second-order valence-electron chi connectivity index (χ2n) is 15.3. The summed E-state index contributed by atoms with van der Waals surface area (Å²) < 4.78 is 4.59. The second kappa shape index (κ2) is 22.4. The summed E-state index contributed by atoms with van der Waals surface area (Å²) >= 11 is 20.5. The molecule has 66 heavy (non-hydrogen) atoms. The number of para-hydroxylation sites is 1. The van der Waals surface area contributed by atoms with Gasteiger partial charge in [0.15, 0.2) is 17.2 Å². The molecule has 15 heteroatoms. The van der Waals surface area contributed by atoms with Gasteiger partial charge in [0.1, 0.15) is 16.6 Å². The molecule has 0 bridgehead atoms. The molecule has 6 N–H and O–H groups in total. The molecular formula is C51H42Br6N6O3. The zero-order chi connectivity index (χ0) is 47.1. The monoisotopic (exact) mass is 1260 g/mol. The van der Waals surface area contributed by atoms with E-state index in [-0.39, 0.29) is 17.2 Å². The fourth-order valence-electron chi connectivity index (χ4n) is 6.79.